The highest BCUT2D eigenvalue weighted by Gasteiger charge is 2.24. The van der Waals surface area contributed by atoms with Crippen molar-refractivity contribution < 1.29 is 28.3 Å². The zero-order valence-electron chi connectivity index (χ0n) is 15.4. The summed E-state index contributed by atoms with van der Waals surface area (Å²) in [5.41, 5.74) is 0.255. The third-order valence-corrected chi connectivity index (χ3v) is 3.73. The molecule has 0 bridgehead atoms. The van der Waals surface area contributed by atoms with Crippen molar-refractivity contribution in [3.8, 4) is 0 Å². The van der Waals surface area contributed by atoms with Crippen molar-refractivity contribution in [1.29, 1.82) is 0 Å². The lowest BCUT2D eigenvalue weighted by atomic mass is 10.0. The van der Waals surface area contributed by atoms with E-state index in [1.807, 2.05) is 13.8 Å². The van der Waals surface area contributed by atoms with Crippen LogP contribution in [0.2, 0.25) is 0 Å². The minimum atomic E-state index is -1.18. The van der Waals surface area contributed by atoms with Crippen LogP contribution in [0.1, 0.15) is 36.4 Å². The second kappa shape index (κ2) is 9.50. The molecule has 0 fully saturated rings. The third kappa shape index (κ3) is 6.08. The first kappa shape index (κ1) is 20.9. The van der Waals surface area contributed by atoms with Gasteiger partial charge in [-0.3, -0.25) is 9.59 Å². The molecule has 0 radical (unpaired) electrons. The van der Waals surface area contributed by atoms with E-state index in [2.05, 4.69) is 10.6 Å². The highest BCUT2D eigenvalue weighted by atomic mass is 19.1. The summed E-state index contributed by atoms with van der Waals surface area (Å²) in [5, 5.41) is 14.1. The Morgan fingerprint density at radius 3 is 2.39 bits per heavy atom. The first-order valence-corrected chi connectivity index (χ1v) is 8.62. The number of rotatable bonds is 8. The van der Waals surface area contributed by atoms with Crippen LogP contribution in [0.25, 0.3) is 6.08 Å². The molecule has 2 amide bonds. The number of furan rings is 1. The maximum absolute atomic E-state index is 13.1. The zero-order valence-corrected chi connectivity index (χ0v) is 15.4. The van der Waals surface area contributed by atoms with Gasteiger partial charge in [0.05, 0.1) is 6.26 Å². The predicted octanol–water partition coefficient (Wildman–Crippen LogP) is 2.81. The molecular weight excluding hydrogens is 367 g/mol. The van der Waals surface area contributed by atoms with Gasteiger partial charge in [0, 0.05) is 0 Å². The fraction of sp³-hybridized carbons (Fsp3) is 0.250. The average Bonchev–Trinajstić information content (AvgIpc) is 3.16. The van der Waals surface area contributed by atoms with Gasteiger partial charge in [-0.2, -0.15) is 0 Å². The maximum atomic E-state index is 13.1. The van der Waals surface area contributed by atoms with Gasteiger partial charge in [0.25, 0.3) is 11.8 Å². The van der Waals surface area contributed by atoms with Gasteiger partial charge in [0.2, 0.25) is 0 Å². The molecule has 1 aromatic carbocycles. The molecule has 1 aromatic heterocycles. The van der Waals surface area contributed by atoms with E-state index >= 15 is 0 Å². The van der Waals surface area contributed by atoms with Crippen molar-refractivity contribution in [3.63, 3.8) is 0 Å². The molecule has 7 nitrogen and oxygen atoms in total. The van der Waals surface area contributed by atoms with Crippen LogP contribution in [0.4, 0.5) is 4.39 Å². The molecule has 2 rings (SSSR count). The Hall–Kier alpha value is -3.42. The Kier molecular flexibility index (Phi) is 7.08. The van der Waals surface area contributed by atoms with E-state index in [-0.39, 0.29) is 23.8 Å². The van der Waals surface area contributed by atoms with Gasteiger partial charge in [-0.1, -0.05) is 26.0 Å². The van der Waals surface area contributed by atoms with Crippen LogP contribution in [0.5, 0.6) is 0 Å². The largest absolute Gasteiger partial charge is 0.480 e. The number of carbonyl (C=O) groups is 3. The van der Waals surface area contributed by atoms with E-state index in [1.54, 1.807) is 0 Å². The van der Waals surface area contributed by atoms with E-state index in [9.17, 15) is 23.9 Å². The summed E-state index contributed by atoms with van der Waals surface area (Å²) >= 11 is 0. The van der Waals surface area contributed by atoms with Crippen LogP contribution >= 0.6 is 0 Å². The molecule has 3 N–H and O–H groups in total. The molecule has 0 spiro atoms. The van der Waals surface area contributed by atoms with Gasteiger partial charge in [-0.25, -0.2) is 9.18 Å². The lowest BCUT2D eigenvalue weighted by Gasteiger charge is -2.18. The number of halogens is 1. The Morgan fingerprint density at radius 1 is 1.18 bits per heavy atom. The average molecular weight is 388 g/mol. The SMILES string of the molecule is CC(C)CC(NC(=O)C(=Cc1ccc(F)cc1)NC(=O)c1ccco1)C(=O)O. The Morgan fingerprint density at radius 2 is 1.86 bits per heavy atom. The zero-order chi connectivity index (χ0) is 20.7. The van der Waals surface area contributed by atoms with Crippen molar-refractivity contribution in [1.82, 2.24) is 10.6 Å². The van der Waals surface area contributed by atoms with Crippen molar-refractivity contribution in [2.45, 2.75) is 26.3 Å². The van der Waals surface area contributed by atoms with Crippen LogP contribution < -0.4 is 10.6 Å². The normalized spacial score (nSPS) is 12.5. The van der Waals surface area contributed by atoms with E-state index in [1.165, 1.54) is 48.7 Å². The summed E-state index contributed by atoms with van der Waals surface area (Å²) in [6.45, 7) is 3.66. The van der Waals surface area contributed by atoms with Crippen LogP contribution in [-0.4, -0.2) is 28.9 Å². The number of benzene rings is 1. The number of hydrogen-bond acceptors (Lipinski definition) is 4. The summed E-state index contributed by atoms with van der Waals surface area (Å²) in [6.07, 6.45) is 2.85. The van der Waals surface area contributed by atoms with E-state index in [0.29, 0.717) is 5.56 Å². The van der Waals surface area contributed by atoms with Crippen molar-refractivity contribution >= 4 is 23.9 Å². The monoisotopic (exact) mass is 388 g/mol. The summed E-state index contributed by atoms with van der Waals surface area (Å²) in [5.74, 6) is -3.08. The van der Waals surface area contributed by atoms with Gasteiger partial charge >= 0.3 is 5.97 Å². The number of carboxylic acid groups (broad SMARTS) is 1. The van der Waals surface area contributed by atoms with E-state index in [4.69, 9.17) is 4.42 Å². The van der Waals surface area contributed by atoms with Crippen molar-refractivity contribution in [2.75, 3.05) is 0 Å². The van der Waals surface area contributed by atoms with Crippen LogP contribution in [-0.2, 0) is 9.59 Å². The minimum absolute atomic E-state index is 0.0187. The molecule has 1 heterocycles. The molecule has 2 aromatic rings. The molecule has 0 aliphatic rings. The molecule has 0 saturated carbocycles. The van der Waals surface area contributed by atoms with Gasteiger partial charge in [-0.15, -0.1) is 0 Å². The molecular formula is C20H21FN2O5. The van der Waals surface area contributed by atoms with Crippen LogP contribution in [0, 0.1) is 11.7 Å². The predicted molar refractivity (Wildman–Crippen MR) is 99.6 cm³/mol. The maximum Gasteiger partial charge on any atom is 0.326 e. The van der Waals surface area contributed by atoms with E-state index in [0.717, 1.165) is 0 Å². The van der Waals surface area contributed by atoms with Gasteiger partial charge in [-0.05, 0) is 48.2 Å². The molecule has 8 heteroatoms. The van der Waals surface area contributed by atoms with Gasteiger partial charge in [0.1, 0.15) is 17.6 Å². The lowest BCUT2D eigenvalue weighted by molar-refractivity contribution is -0.141. The summed E-state index contributed by atoms with van der Waals surface area (Å²) in [6, 6.07) is 7.06. The smallest absolute Gasteiger partial charge is 0.326 e. The van der Waals surface area contributed by atoms with Crippen LogP contribution in [0.15, 0.2) is 52.8 Å². The number of carbonyl (C=O) groups excluding carboxylic acids is 2. The second-order valence-electron chi connectivity index (χ2n) is 6.53. The molecule has 0 saturated heterocycles. The van der Waals surface area contributed by atoms with Gasteiger partial charge < -0.3 is 20.2 Å². The highest BCUT2D eigenvalue weighted by molar-refractivity contribution is 6.05. The summed E-state index contributed by atoms with van der Waals surface area (Å²) in [4.78, 5) is 36.3. The number of nitrogens with one attached hydrogen (secondary N) is 2. The first-order valence-electron chi connectivity index (χ1n) is 8.62. The first-order chi connectivity index (χ1) is 13.3. The fourth-order valence-electron chi connectivity index (χ4n) is 2.40. The number of aliphatic carboxylic acids is 1. The third-order valence-electron chi connectivity index (χ3n) is 3.73. The molecule has 1 atom stereocenters. The topological polar surface area (TPSA) is 109 Å². The number of amides is 2. The molecule has 148 valence electrons. The number of hydrogen-bond donors (Lipinski definition) is 3. The number of carboxylic acids is 1. The fourth-order valence-corrected chi connectivity index (χ4v) is 2.40. The lowest BCUT2D eigenvalue weighted by Crippen LogP contribution is -2.44. The van der Waals surface area contributed by atoms with E-state index < -0.39 is 29.6 Å². The Balaban J connectivity index is 2.28. The summed E-state index contributed by atoms with van der Waals surface area (Å²) < 4.78 is 18.1. The Bertz CT molecular complexity index is 857. The standard InChI is InChI=1S/C20H21FN2O5/c1-12(2)10-16(20(26)27)23-18(24)15(11-13-5-7-14(21)8-6-13)22-19(25)17-4-3-9-28-17/h3-9,11-12,16H,10H2,1-2H3,(H,22,25)(H,23,24)(H,26,27). The quantitative estimate of drug-likeness (QED) is 0.603. The van der Waals surface area contributed by atoms with Crippen LogP contribution in [0.3, 0.4) is 0 Å². The molecule has 0 aliphatic carbocycles. The molecule has 28 heavy (non-hydrogen) atoms. The Labute approximate surface area is 161 Å². The van der Waals surface area contributed by atoms with Crippen molar-refractivity contribution in [3.05, 3.63) is 65.5 Å². The minimum Gasteiger partial charge on any atom is -0.480 e. The molecule has 1 unspecified atom stereocenters. The van der Waals surface area contributed by atoms with Gasteiger partial charge in [0.15, 0.2) is 5.76 Å². The summed E-state index contributed by atoms with van der Waals surface area (Å²) in [7, 11) is 0. The van der Waals surface area contributed by atoms with Crippen molar-refractivity contribution in [2.24, 2.45) is 5.92 Å². The molecule has 0 aliphatic heterocycles. The second-order valence-corrected chi connectivity index (χ2v) is 6.53. The highest BCUT2D eigenvalue weighted by Crippen LogP contribution is 2.11.